The van der Waals surface area contributed by atoms with Gasteiger partial charge in [0, 0.05) is 25.2 Å². The maximum atomic E-state index is 5.60. The fourth-order valence-electron chi connectivity index (χ4n) is 2.75. The fraction of sp³-hybridized carbons (Fsp3) is 0.545. The number of nitrogens with one attached hydrogen (secondary N) is 1. The van der Waals surface area contributed by atoms with E-state index in [2.05, 4.69) is 21.3 Å². The first-order valence-corrected chi connectivity index (χ1v) is 5.55. The summed E-state index contributed by atoms with van der Waals surface area (Å²) in [7, 11) is 0. The zero-order valence-corrected chi connectivity index (χ0v) is 10.2. The van der Waals surface area contributed by atoms with Crippen LogP contribution in [0, 0.1) is 0 Å². The summed E-state index contributed by atoms with van der Waals surface area (Å²) >= 11 is 0. The molecule has 0 saturated carbocycles. The lowest BCUT2D eigenvalue weighted by atomic mass is 10.2. The largest absolute Gasteiger partial charge is 0.384 e. The van der Waals surface area contributed by atoms with Gasteiger partial charge in [0.25, 0.3) is 0 Å². The first-order chi connectivity index (χ1) is 7.34. The van der Waals surface area contributed by atoms with E-state index in [1.807, 2.05) is 12.3 Å². The molecule has 2 saturated heterocycles. The fourth-order valence-corrected chi connectivity index (χ4v) is 2.75. The van der Waals surface area contributed by atoms with Crippen LogP contribution in [-0.4, -0.2) is 30.2 Å². The van der Waals surface area contributed by atoms with E-state index in [9.17, 15) is 0 Å². The van der Waals surface area contributed by atoms with Gasteiger partial charge in [-0.3, -0.25) is 0 Å². The summed E-state index contributed by atoms with van der Waals surface area (Å²) in [6, 6.07) is 5.26. The predicted molar refractivity (Wildman–Crippen MR) is 71.2 cm³/mol. The number of nitrogens with zero attached hydrogens (tertiary/aromatic N) is 2. The Bertz CT molecular complexity index is 338. The number of hydrogen-bond donors (Lipinski definition) is 2. The summed E-state index contributed by atoms with van der Waals surface area (Å²) in [5, 5.41) is 3.47. The highest BCUT2D eigenvalue weighted by Gasteiger charge is 2.36. The van der Waals surface area contributed by atoms with Crippen molar-refractivity contribution in [3.63, 3.8) is 0 Å². The Balaban J connectivity index is 0.000000963. The standard InChI is InChI=1S/C11H16N4.H2S/c12-11-4-3-10(7-14-11)15-8-1-2-9(15)6-13-5-8;/h3-4,7-9,13H,1-2,5-6H2,(H2,12,14);1H2. The molecule has 3 heterocycles. The minimum absolute atomic E-state index is 0. The molecule has 1 aromatic heterocycles. The normalized spacial score (nSPS) is 27.6. The molecule has 2 fully saturated rings. The lowest BCUT2D eigenvalue weighted by Crippen LogP contribution is -2.52. The van der Waals surface area contributed by atoms with Crippen molar-refractivity contribution in [2.45, 2.75) is 24.9 Å². The molecule has 2 aliphatic rings. The van der Waals surface area contributed by atoms with E-state index in [4.69, 9.17) is 5.73 Å². The first-order valence-electron chi connectivity index (χ1n) is 5.55. The van der Waals surface area contributed by atoms with Gasteiger partial charge in [-0.25, -0.2) is 4.98 Å². The molecule has 2 aliphatic heterocycles. The van der Waals surface area contributed by atoms with Crippen LogP contribution in [0.25, 0.3) is 0 Å². The molecule has 2 bridgehead atoms. The van der Waals surface area contributed by atoms with E-state index in [0.717, 1.165) is 13.1 Å². The minimum atomic E-state index is 0. The van der Waals surface area contributed by atoms with Crippen LogP contribution in [0.3, 0.4) is 0 Å². The van der Waals surface area contributed by atoms with Gasteiger partial charge in [-0.05, 0) is 25.0 Å². The maximum absolute atomic E-state index is 5.60. The number of hydrogen-bond acceptors (Lipinski definition) is 4. The van der Waals surface area contributed by atoms with E-state index in [1.165, 1.54) is 18.5 Å². The lowest BCUT2D eigenvalue weighted by Gasteiger charge is -2.37. The number of anilines is 2. The average molecular weight is 238 g/mol. The molecule has 1 aromatic rings. The number of nitrogen functional groups attached to an aromatic ring is 1. The van der Waals surface area contributed by atoms with E-state index in [-0.39, 0.29) is 13.5 Å². The van der Waals surface area contributed by atoms with Crippen LogP contribution in [0.5, 0.6) is 0 Å². The van der Waals surface area contributed by atoms with Gasteiger partial charge in [-0.2, -0.15) is 13.5 Å². The molecule has 0 spiro atoms. The highest BCUT2D eigenvalue weighted by Crippen LogP contribution is 2.31. The highest BCUT2D eigenvalue weighted by atomic mass is 32.1. The number of fused-ring (bicyclic) bond motifs is 2. The molecule has 3 rings (SSSR count). The van der Waals surface area contributed by atoms with E-state index in [1.54, 1.807) is 0 Å². The Morgan fingerprint density at radius 3 is 2.50 bits per heavy atom. The minimum Gasteiger partial charge on any atom is -0.384 e. The lowest BCUT2D eigenvalue weighted by molar-refractivity contribution is 0.484. The van der Waals surface area contributed by atoms with Crippen LogP contribution in [0.1, 0.15) is 12.8 Å². The quantitative estimate of drug-likeness (QED) is 0.757. The summed E-state index contributed by atoms with van der Waals surface area (Å²) in [4.78, 5) is 6.67. The zero-order chi connectivity index (χ0) is 10.3. The Hall–Kier alpha value is -0.940. The van der Waals surface area contributed by atoms with E-state index in [0.29, 0.717) is 17.9 Å². The van der Waals surface area contributed by atoms with Gasteiger partial charge in [0.1, 0.15) is 5.82 Å². The SMILES string of the molecule is Nc1ccc(N2C3CCC2CNC3)cn1.S. The zero-order valence-electron chi connectivity index (χ0n) is 9.19. The number of pyridine rings is 1. The van der Waals surface area contributed by atoms with Crippen molar-refractivity contribution < 1.29 is 0 Å². The smallest absolute Gasteiger partial charge is 0.123 e. The molecule has 0 aliphatic carbocycles. The van der Waals surface area contributed by atoms with Crippen molar-refractivity contribution in [2.24, 2.45) is 0 Å². The summed E-state index contributed by atoms with van der Waals surface area (Å²) in [6.45, 7) is 2.20. The molecule has 16 heavy (non-hydrogen) atoms. The third-order valence-corrected chi connectivity index (χ3v) is 3.45. The molecule has 0 aromatic carbocycles. The van der Waals surface area contributed by atoms with Gasteiger partial charge in [0.15, 0.2) is 0 Å². The van der Waals surface area contributed by atoms with Crippen LogP contribution < -0.4 is 16.0 Å². The number of aromatic nitrogens is 1. The Labute approximate surface area is 103 Å². The summed E-state index contributed by atoms with van der Waals surface area (Å²) in [5.74, 6) is 0.598. The van der Waals surface area contributed by atoms with Gasteiger partial charge in [0.05, 0.1) is 11.9 Å². The third-order valence-electron chi connectivity index (χ3n) is 3.45. The first kappa shape index (κ1) is 11.5. The van der Waals surface area contributed by atoms with Gasteiger partial charge < -0.3 is 16.0 Å². The van der Waals surface area contributed by atoms with Crippen LogP contribution in [0.4, 0.5) is 11.5 Å². The van der Waals surface area contributed by atoms with Gasteiger partial charge in [-0.1, -0.05) is 0 Å². The van der Waals surface area contributed by atoms with Crippen molar-refractivity contribution in [1.29, 1.82) is 0 Å². The van der Waals surface area contributed by atoms with Crippen LogP contribution in [-0.2, 0) is 0 Å². The molecule has 88 valence electrons. The maximum Gasteiger partial charge on any atom is 0.123 e. The second-order valence-electron chi connectivity index (χ2n) is 4.39. The molecular weight excluding hydrogens is 220 g/mol. The molecule has 2 atom stereocenters. The number of rotatable bonds is 1. The van der Waals surface area contributed by atoms with Gasteiger partial charge >= 0.3 is 0 Å². The Kier molecular flexibility index (Phi) is 3.25. The molecule has 4 nitrogen and oxygen atoms in total. The van der Waals surface area contributed by atoms with Crippen molar-refractivity contribution >= 4 is 25.0 Å². The molecule has 2 unspecified atom stereocenters. The third kappa shape index (κ3) is 1.85. The predicted octanol–water partition coefficient (Wildman–Crippen LogP) is 0.717. The Morgan fingerprint density at radius 1 is 1.25 bits per heavy atom. The highest BCUT2D eigenvalue weighted by molar-refractivity contribution is 7.59. The van der Waals surface area contributed by atoms with Gasteiger partial charge in [-0.15, -0.1) is 0 Å². The monoisotopic (exact) mass is 238 g/mol. The number of piperazine rings is 1. The van der Waals surface area contributed by atoms with Gasteiger partial charge in [0.2, 0.25) is 0 Å². The van der Waals surface area contributed by atoms with E-state index >= 15 is 0 Å². The number of nitrogens with two attached hydrogens (primary N) is 1. The summed E-state index contributed by atoms with van der Waals surface area (Å²) in [6.07, 6.45) is 4.48. The van der Waals surface area contributed by atoms with Crippen molar-refractivity contribution in [3.8, 4) is 0 Å². The van der Waals surface area contributed by atoms with Crippen LogP contribution >= 0.6 is 13.5 Å². The topological polar surface area (TPSA) is 54.2 Å². The molecule has 5 heteroatoms. The van der Waals surface area contributed by atoms with Crippen LogP contribution in [0.2, 0.25) is 0 Å². The second-order valence-corrected chi connectivity index (χ2v) is 4.39. The second kappa shape index (κ2) is 4.51. The molecule has 3 N–H and O–H groups in total. The Morgan fingerprint density at radius 2 is 1.94 bits per heavy atom. The van der Waals surface area contributed by atoms with E-state index < -0.39 is 0 Å². The average Bonchev–Trinajstić information content (AvgIpc) is 2.51. The van der Waals surface area contributed by atoms with Crippen molar-refractivity contribution in [1.82, 2.24) is 10.3 Å². The molecular formula is C11H18N4S. The van der Waals surface area contributed by atoms with Crippen molar-refractivity contribution in [2.75, 3.05) is 23.7 Å². The molecule has 0 amide bonds. The molecule has 0 radical (unpaired) electrons. The summed E-state index contributed by atoms with van der Waals surface area (Å²) in [5.41, 5.74) is 6.82. The van der Waals surface area contributed by atoms with Crippen LogP contribution in [0.15, 0.2) is 18.3 Å². The summed E-state index contributed by atoms with van der Waals surface area (Å²) < 4.78 is 0. The van der Waals surface area contributed by atoms with Crippen molar-refractivity contribution in [3.05, 3.63) is 18.3 Å².